The van der Waals surface area contributed by atoms with Crippen LogP contribution >= 0.6 is 0 Å². The summed E-state index contributed by atoms with van der Waals surface area (Å²) in [5.74, 6) is 0.603. The minimum Gasteiger partial charge on any atom is -0.497 e. The number of benzene rings is 2. The molecular formula is C31H50O7SSi. The van der Waals surface area contributed by atoms with Gasteiger partial charge in [0.05, 0.1) is 37.4 Å². The Balaban J connectivity index is 2.10. The third kappa shape index (κ3) is 9.96. The van der Waals surface area contributed by atoms with Gasteiger partial charge in [0, 0.05) is 25.6 Å². The van der Waals surface area contributed by atoms with E-state index < -0.39 is 18.4 Å². The molecule has 40 heavy (non-hydrogen) atoms. The molecule has 7 nitrogen and oxygen atoms in total. The molecule has 0 saturated carbocycles. The largest absolute Gasteiger partial charge is 0.497 e. The SMILES string of the molecule is COc1ccc(COCC[C@@H](O[Si](C)(C)C(C)(C)C)[C@H](C)[C@H](OC)[C@@H](C)COS(=O)(=O)c2ccc(C)cc2)cc1. The summed E-state index contributed by atoms with van der Waals surface area (Å²) in [4.78, 5) is 0.153. The van der Waals surface area contributed by atoms with Crippen molar-refractivity contribution in [3.05, 3.63) is 59.7 Å². The molecule has 0 aliphatic heterocycles. The predicted molar refractivity (Wildman–Crippen MR) is 163 cm³/mol. The summed E-state index contributed by atoms with van der Waals surface area (Å²) in [6, 6.07) is 14.5. The first-order chi connectivity index (χ1) is 18.6. The average Bonchev–Trinajstić information content (AvgIpc) is 2.89. The summed E-state index contributed by atoms with van der Waals surface area (Å²) in [7, 11) is -2.66. The summed E-state index contributed by atoms with van der Waals surface area (Å²) in [6.45, 7) is 18.2. The summed E-state index contributed by atoms with van der Waals surface area (Å²) in [5.41, 5.74) is 2.06. The van der Waals surface area contributed by atoms with E-state index in [1.807, 2.05) is 38.1 Å². The van der Waals surface area contributed by atoms with E-state index in [1.54, 1.807) is 38.5 Å². The highest BCUT2D eigenvalue weighted by molar-refractivity contribution is 7.86. The maximum atomic E-state index is 12.8. The molecule has 0 radical (unpaired) electrons. The van der Waals surface area contributed by atoms with Crippen molar-refractivity contribution in [2.24, 2.45) is 11.8 Å². The third-order valence-corrected chi connectivity index (χ3v) is 13.8. The molecule has 4 atom stereocenters. The van der Waals surface area contributed by atoms with E-state index >= 15 is 0 Å². The third-order valence-electron chi connectivity index (χ3n) is 7.96. The topological polar surface area (TPSA) is 80.3 Å². The molecule has 0 N–H and O–H groups in total. The van der Waals surface area contributed by atoms with Crippen LogP contribution in [0.2, 0.25) is 18.1 Å². The minimum absolute atomic E-state index is 0.0137. The lowest BCUT2D eigenvalue weighted by Crippen LogP contribution is -2.48. The van der Waals surface area contributed by atoms with Crippen LogP contribution < -0.4 is 4.74 Å². The Morgan fingerprint density at radius 1 is 0.925 bits per heavy atom. The van der Waals surface area contributed by atoms with Crippen molar-refractivity contribution >= 4 is 18.4 Å². The highest BCUT2D eigenvalue weighted by atomic mass is 32.2. The monoisotopic (exact) mass is 594 g/mol. The van der Waals surface area contributed by atoms with Crippen LogP contribution in [0.25, 0.3) is 0 Å². The second-order valence-electron chi connectivity index (χ2n) is 12.2. The Morgan fingerprint density at radius 3 is 2.05 bits per heavy atom. The Hall–Kier alpha value is -1.75. The number of hydrogen-bond acceptors (Lipinski definition) is 7. The molecule has 0 fully saturated rings. The summed E-state index contributed by atoms with van der Waals surface area (Å²) in [5, 5.41) is 0.0360. The highest BCUT2D eigenvalue weighted by Gasteiger charge is 2.42. The van der Waals surface area contributed by atoms with Gasteiger partial charge in [0.2, 0.25) is 0 Å². The second kappa shape index (κ2) is 14.9. The zero-order valence-corrected chi connectivity index (χ0v) is 27.8. The predicted octanol–water partition coefficient (Wildman–Crippen LogP) is 6.99. The van der Waals surface area contributed by atoms with Crippen LogP contribution in [0.15, 0.2) is 53.4 Å². The van der Waals surface area contributed by atoms with Gasteiger partial charge in [0.15, 0.2) is 8.32 Å². The van der Waals surface area contributed by atoms with Crippen LogP contribution in [0.4, 0.5) is 0 Å². The minimum atomic E-state index is -3.86. The van der Waals surface area contributed by atoms with Gasteiger partial charge in [-0.3, -0.25) is 4.18 Å². The fourth-order valence-electron chi connectivity index (χ4n) is 4.34. The molecule has 2 aromatic rings. The Bertz CT molecular complexity index is 1130. The number of aryl methyl sites for hydroxylation is 1. The Labute approximate surface area is 243 Å². The van der Waals surface area contributed by atoms with Gasteiger partial charge in [-0.2, -0.15) is 8.42 Å². The van der Waals surface area contributed by atoms with E-state index in [4.69, 9.17) is 22.8 Å². The van der Waals surface area contributed by atoms with Gasteiger partial charge in [-0.05, 0) is 61.3 Å². The zero-order valence-electron chi connectivity index (χ0n) is 26.0. The van der Waals surface area contributed by atoms with Crippen molar-refractivity contribution in [1.82, 2.24) is 0 Å². The summed E-state index contributed by atoms with van der Waals surface area (Å²) < 4.78 is 55.2. The lowest BCUT2D eigenvalue weighted by Gasteiger charge is -2.43. The quantitative estimate of drug-likeness (QED) is 0.118. The Morgan fingerprint density at radius 2 is 1.52 bits per heavy atom. The molecular weight excluding hydrogens is 544 g/mol. The number of methoxy groups -OCH3 is 2. The molecule has 0 bridgehead atoms. The van der Waals surface area contributed by atoms with E-state index in [2.05, 4.69) is 40.8 Å². The van der Waals surface area contributed by atoms with Crippen LogP contribution in [-0.2, 0) is 34.8 Å². The van der Waals surface area contributed by atoms with Crippen LogP contribution in [0.1, 0.15) is 52.2 Å². The van der Waals surface area contributed by atoms with Gasteiger partial charge in [-0.1, -0.05) is 64.4 Å². The smallest absolute Gasteiger partial charge is 0.296 e. The van der Waals surface area contributed by atoms with E-state index in [0.717, 1.165) is 16.9 Å². The lowest BCUT2D eigenvalue weighted by atomic mass is 9.88. The molecule has 0 unspecified atom stereocenters. The van der Waals surface area contributed by atoms with Crippen molar-refractivity contribution in [3.63, 3.8) is 0 Å². The number of rotatable bonds is 16. The first kappa shape index (κ1) is 34.4. The van der Waals surface area contributed by atoms with Crippen LogP contribution in [0, 0.1) is 18.8 Å². The van der Waals surface area contributed by atoms with Gasteiger partial charge in [0.25, 0.3) is 10.1 Å². The zero-order chi connectivity index (χ0) is 30.1. The molecule has 0 aliphatic rings. The van der Waals surface area contributed by atoms with Gasteiger partial charge in [0.1, 0.15) is 5.75 Å². The maximum absolute atomic E-state index is 12.8. The molecule has 0 amide bonds. The van der Waals surface area contributed by atoms with Crippen molar-refractivity contribution in [2.75, 3.05) is 27.4 Å². The normalized spacial score (nSPS) is 15.8. The maximum Gasteiger partial charge on any atom is 0.296 e. The number of ether oxygens (including phenoxy) is 3. The first-order valence-electron chi connectivity index (χ1n) is 14.0. The molecule has 9 heteroatoms. The van der Waals surface area contributed by atoms with Crippen molar-refractivity contribution in [2.45, 2.75) is 89.8 Å². The van der Waals surface area contributed by atoms with Gasteiger partial charge in [-0.15, -0.1) is 0 Å². The van der Waals surface area contributed by atoms with E-state index in [1.165, 1.54) is 0 Å². The fraction of sp³-hybridized carbons (Fsp3) is 0.613. The van der Waals surface area contributed by atoms with Crippen molar-refractivity contribution in [3.8, 4) is 5.75 Å². The van der Waals surface area contributed by atoms with E-state index in [0.29, 0.717) is 19.6 Å². The van der Waals surface area contributed by atoms with Crippen molar-refractivity contribution in [1.29, 1.82) is 0 Å². The van der Waals surface area contributed by atoms with Crippen molar-refractivity contribution < 1.29 is 31.2 Å². The molecule has 0 aromatic heterocycles. The van der Waals surface area contributed by atoms with Gasteiger partial charge < -0.3 is 18.6 Å². The molecule has 0 heterocycles. The summed E-state index contributed by atoms with van der Waals surface area (Å²) in [6.07, 6.45) is 0.293. The van der Waals surface area contributed by atoms with E-state index in [-0.39, 0.29) is 40.6 Å². The molecule has 2 aromatic carbocycles. The average molecular weight is 595 g/mol. The standard InChI is InChI=1S/C31H50O7SSi/c1-23-11-17-28(18-12-23)39(32,33)37-21-24(2)30(35-8)25(3)29(38-40(9,10)31(4,5)6)19-20-36-22-26-13-15-27(34-7)16-14-26/h11-18,24-25,29-30H,19-22H2,1-10H3/t24-,25-,29+,30+/m0/s1. The molecule has 0 spiro atoms. The van der Waals surface area contributed by atoms with Crippen LogP contribution in [0.5, 0.6) is 5.75 Å². The summed E-state index contributed by atoms with van der Waals surface area (Å²) >= 11 is 0. The second-order valence-corrected chi connectivity index (χ2v) is 18.6. The molecule has 0 aliphatic carbocycles. The molecule has 0 saturated heterocycles. The molecule has 2 rings (SSSR count). The van der Waals surface area contributed by atoms with Gasteiger partial charge in [-0.25, -0.2) is 0 Å². The van der Waals surface area contributed by atoms with Crippen LogP contribution in [-0.4, -0.2) is 56.4 Å². The van der Waals surface area contributed by atoms with Gasteiger partial charge >= 0.3 is 0 Å². The lowest BCUT2D eigenvalue weighted by molar-refractivity contribution is -0.0471. The molecule has 226 valence electrons. The number of hydrogen-bond donors (Lipinski definition) is 0. The Kier molecular flexibility index (Phi) is 12.9. The van der Waals surface area contributed by atoms with E-state index in [9.17, 15) is 8.42 Å². The first-order valence-corrected chi connectivity index (χ1v) is 18.3. The fourth-order valence-corrected chi connectivity index (χ4v) is 6.78. The highest BCUT2D eigenvalue weighted by Crippen LogP contribution is 2.39. The van der Waals surface area contributed by atoms with Crippen LogP contribution in [0.3, 0.4) is 0 Å².